The van der Waals surface area contributed by atoms with Crippen molar-refractivity contribution in [3.8, 4) is 0 Å². The van der Waals surface area contributed by atoms with Gasteiger partial charge in [0.05, 0.1) is 29.9 Å². The molecule has 0 amide bonds. The summed E-state index contributed by atoms with van der Waals surface area (Å²) in [6, 6.07) is 3.76. The van der Waals surface area contributed by atoms with Crippen molar-refractivity contribution in [1.82, 2.24) is 15.5 Å². The molecule has 0 aromatic carbocycles. The zero-order valence-corrected chi connectivity index (χ0v) is 15.8. The van der Waals surface area contributed by atoms with Crippen LogP contribution in [0, 0.1) is 10.1 Å². The van der Waals surface area contributed by atoms with Crippen LogP contribution in [0.4, 0.5) is 0 Å². The SMILES string of the molecule is CCC(CO)N/C(=C\[N+](=O)[O-])NCCSCc1ccc(CN(C)C)o1. The topological polar surface area (TPSA) is 104 Å². The van der Waals surface area contributed by atoms with Crippen LogP contribution in [0.3, 0.4) is 0 Å². The monoisotopic (exact) mass is 372 g/mol. The van der Waals surface area contributed by atoms with Gasteiger partial charge in [-0.3, -0.25) is 10.1 Å². The van der Waals surface area contributed by atoms with Gasteiger partial charge >= 0.3 is 0 Å². The molecule has 0 fully saturated rings. The minimum Gasteiger partial charge on any atom is -0.464 e. The zero-order valence-electron chi connectivity index (χ0n) is 15.0. The van der Waals surface area contributed by atoms with Gasteiger partial charge in [-0.15, -0.1) is 0 Å². The van der Waals surface area contributed by atoms with Gasteiger partial charge in [-0.1, -0.05) is 6.92 Å². The van der Waals surface area contributed by atoms with Crippen molar-refractivity contribution in [2.75, 3.05) is 33.0 Å². The average molecular weight is 372 g/mol. The molecule has 1 aromatic heterocycles. The van der Waals surface area contributed by atoms with Crippen molar-refractivity contribution in [2.45, 2.75) is 31.7 Å². The molecule has 1 unspecified atom stereocenters. The van der Waals surface area contributed by atoms with Gasteiger partial charge in [0.15, 0.2) is 5.82 Å². The van der Waals surface area contributed by atoms with Crippen LogP contribution in [-0.2, 0) is 12.3 Å². The molecule has 1 rings (SSSR count). The fourth-order valence-electron chi connectivity index (χ4n) is 2.06. The second kappa shape index (κ2) is 11.8. The number of furan rings is 1. The number of thioether (sulfide) groups is 1. The summed E-state index contributed by atoms with van der Waals surface area (Å²) in [6.07, 6.45) is 1.57. The summed E-state index contributed by atoms with van der Waals surface area (Å²) >= 11 is 1.69. The average Bonchev–Trinajstić information content (AvgIpc) is 2.97. The summed E-state index contributed by atoms with van der Waals surface area (Å²) in [5, 5.41) is 25.8. The molecule has 0 saturated heterocycles. The summed E-state index contributed by atoms with van der Waals surface area (Å²) in [7, 11) is 3.99. The predicted octanol–water partition coefficient (Wildman–Crippen LogP) is 1.60. The minimum atomic E-state index is -0.512. The third-order valence-electron chi connectivity index (χ3n) is 3.30. The predicted molar refractivity (Wildman–Crippen MR) is 99.6 cm³/mol. The van der Waals surface area contributed by atoms with Gasteiger partial charge in [0.1, 0.15) is 11.5 Å². The number of nitro groups is 1. The molecular weight excluding hydrogens is 344 g/mol. The van der Waals surface area contributed by atoms with Crippen molar-refractivity contribution in [2.24, 2.45) is 0 Å². The molecule has 0 radical (unpaired) electrons. The number of nitrogens with one attached hydrogen (secondary N) is 2. The Kier molecular flexibility index (Phi) is 10.0. The molecule has 0 aliphatic heterocycles. The Labute approximate surface area is 152 Å². The lowest BCUT2D eigenvalue weighted by atomic mass is 10.2. The number of nitrogens with zero attached hydrogens (tertiary/aromatic N) is 2. The maximum Gasteiger partial charge on any atom is 0.274 e. The summed E-state index contributed by atoms with van der Waals surface area (Å²) in [5.74, 6) is 3.71. The van der Waals surface area contributed by atoms with Gasteiger partial charge < -0.3 is 25.1 Å². The zero-order chi connectivity index (χ0) is 18.7. The third kappa shape index (κ3) is 9.37. The second-order valence-electron chi connectivity index (χ2n) is 5.85. The Balaban J connectivity index is 2.33. The lowest BCUT2D eigenvalue weighted by Crippen LogP contribution is -2.38. The number of aliphatic hydroxyl groups excluding tert-OH is 1. The Bertz CT molecular complexity index is 544. The summed E-state index contributed by atoms with van der Waals surface area (Å²) < 4.78 is 5.73. The molecule has 9 heteroatoms. The number of hydrogen-bond acceptors (Lipinski definition) is 8. The minimum absolute atomic E-state index is 0.0737. The highest BCUT2D eigenvalue weighted by Crippen LogP contribution is 2.16. The normalized spacial score (nSPS) is 13.1. The van der Waals surface area contributed by atoms with Gasteiger partial charge in [0.25, 0.3) is 6.20 Å². The van der Waals surface area contributed by atoms with E-state index < -0.39 is 4.92 Å². The highest BCUT2D eigenvalue weighted by molar-refractivity contribution is 7.98. The van der Waals surface area contributed by atoms with Crippen molar-refractivity contribution < 1.29 is 14.4 Å². The van der Waals surface area contributed by atoms with E-state index in [9.17, 15) is 15.2 Å². The van der Waals surface area contributed by atoms with E-state index in [1.807, 2.05) is 38.1 Å². The van der Waals surface area contributed by atoms with Gasteiger partial charge in [-0.05, 0) is 32.6 Å². The quantitative estimate of drug-likeness (QED) is 0.272. The van der Waals surface area contributed by atoms with E-state index in [1.54, 1.807) is 11.8 Å². The van der Waals surface area contributed by atoms with Crippen molar-refractivity contribution in [3.05, 3.63) is 45.8 Å². The summed E-state index contributed by atoms with van der Waals surface area (Å²) in [6.45, 7) is 3.18. The number of rotatable bonds is 13. The molecule has 0 spiro atoms. The fourth-order valence-corrected chi connectivity index (χ4v) is 2.81. The van der Waals surface area contributed by atoms with Crippen LogP contribution >= 0.6 is 11.8 Å². The Hall–Kier alpha value is -1.71. The molecule has 0 saturated carbocycles. The van der Waals surface area contributed by atoms with Crippen LogP contribution in [0.25, 0.3) is 0 Å². The largest absolute Gasteiger partial charge is 0.464 e. The molecule has 0 bridgehead atoms. The Morgan fingerprint density at radius 1 is 1.48 bits per heavy atom. The smallest absolute Gasteiger partial charge is 0.274 e. The molecule has 0 aliphatic carbocycles. The van der Waals surface area contributed by atoms with Crippen molar-refractivity contribution in [3.63, 3.8) is 0 Å². The van der Waals surface area contributed by atoms with Crippen LogP contribution < -0.4 is 10.6 Å². The molecule has 8 nitrogen and oxygen atoms in total. The first kappa shape index (κ1) is 21.3. The molecule has 142 valence electrons. The van der Waals surface area contributed by atoms with E-state index in [0.29, 0.717) is 18.8 Å². The van der Waals surface area contributed by atoms with Crippen LogP contribution in [0.2, 0.25) is 0 Å². The summed E-state index contributed by atoms with van der Waals surface area (Å²) in [5.41, 5.74) is 0. The molecule has 0 aliphatic rings. The van der Waals surface area contributed by atoms with E-state index in [2.05, 4.69) is 10.6 Å². The number of aliphatic hydroxyl groups is 1. The number of hydrogen-bond donors (Lipinski definition) is 3. The molecule has 25 heavy (non-hydrogen) atoms. The standard InChI is InChI=1S/C16H28N4O4S/c1-4-13(11-21)18-16(10-20(22)23)17-7-8-25-12-15-6-5-14(24-15)9-19(2)3/h5-6,10,13,17-18,21H,4,7-9,11-12H2,1-3H3/b16-10-. The van der Waals surface area contributed by atoms with Crippen LogP contribution in [0.15, 0.2) is 28.6 Å². The van der Waals surface area contributed by atoms with Crippen molar-refractivity contribution >= 4 is 11.8 Å². The highest BCUT2D eigenvalue weighted by Gasteiger charge is 2.09. The highest BCUT2D eigenvalue weighted by atomic mass is 32.2. The molecule has 1 atom stereocenters. The molecule has 3 N–H and O–H groups in total. The molecular formula is C16H28N4O4S. The lowest BCUT2D eigenvalue weighted by Gasteiger charge is -2.17. The maximum absolute atomic E-state index is 10.7. The Morgan fingerprint density at radius 2 is 2.20 bits per heavy atom. The van der Waals surface area contributed by atoms with E-state index >= 15 is 0 Å². The van der Waals surface area contributed by atoms with Crippen LogP contribution in [0.1, 0.15) is 24.9 Å². The second-order valence-corrected chi connectivity index (χ2v) is 6.95. The van der Waals surface area contributed by atoms with Gasteiger partial charge in [0.2, 0.25) is 0 Å². The van der Waals surface area contributed by atoms with E-state index in [1.165, 1.54) is 0 Å². The first-order chi connectivity index (χ1) is 11.9. The van der Waals surface area contributed by atoms with Crippen LogP contribution in [-0.4, -0.2) is 54.0 Å². The Morgan fingerprint density at radius 3 is 2.80 bits per heavy atom. The third-order valence-corrected chi connectivity index (χ3v) is 4.28. The maximum atomic E-state index is 10.7. The van der Waals surface area contributed by atoms with Gasteiger partial charge in [-0.2, -0.15) is 11.8 Å². The van der Waals surface area contributed by atoms with Crippen molar-refractivity contribution in [1.29, 1.82) is 0 Å². The molecule has 1 heterocycles. The van der Waals surface area contributed by atoms with Gasteiger partial charge in [0, 0.05) is 12.3 Å². The van der Waals surface area contributed by atoms with Gasteiger partial charge in [-0.25, -0.2) is 0 Å². The first-order valence-electron chi connectivity index (χ1n) is 8.21. The fraction of sp³-hybridized carbons (Fsp3) is 0.625. The lowest BCUT2D eigenvalue weighted by molar-refractivity contribution is -0.404. The first-order valence-corrected chi connectivity index (χ1v) is 9.36. The van der Waals surface area contributed by atoms with E-state index in [4.69, 9.17) is 4.42 Å². The van der Waals surface area contributed by atoms with E-state index in [-0.39, 0.29) is 12.6 Å². The van der Waals surface area contributed by atoms with E-state index in [0.717, 1.165) is 35.8 Å². The summed E-state index contributed by atoms with van der Waals surface area (Å²) in [4.78, 5) is 12.2. The van der Waals surface area contributed by atoms with Crippen LogP contribution in [0.5, 0.6) is 0 Å². The molecule has 1 aromatic rings.